The van der Waals surface area contributed by atoms with E-state index in [0.29, 0.717) is 11.3 Å². The Labute approximate surface area is 105 Å². The average Bonchev–Trinajstić information content (AvgIpc) is 2.74. The van der Waals surface area contributed by atoms with Crippen LogP contribution in [0.5, 0.6) is 0 Å². The van der Waals surface area contributed by atoms with Crippen molar-refractivity contribution in [3.8, 4) is 0 Å². The second kappa shape index (κ2) is 4.51. The van der Waals surface area contributed by atoms with Crippen molar-refractivity contribution in [1.29, 1.82) is 0 Å². The number of rotatable bonds is 2. The minimum atomic E-state index is 0.164. The summed E-state index contributed by atoms with van der Waals surface area (Å²) >= 11 is 0. The van der Waals surface area contributed by atoms with E-state index in [1.807, 2.05) is 4.57 Å². The van der Waals surface area contributed by atoms with Gasteiger partial charge in [-0.05, 0) is 7.05 Å². The largest absolute Gasteiger partial charge is 0.382 e. The van der Waals surface area contributed by atoms with Crippen molar-refractivity contribution in [3.05, 3.63) is 12.7 Å². The molecule has 0 bridgehead atoms. The summed E-state index contributed by atoms with van der Waals surface area (Å²) in [6, 6.07) is 0. The predicted octanol–water partition coefficient (Wildman–Crippen LogP) is -0.261. The molecule has 18 heavy (non-hydrogen) atoms. The number of fused-ring (bicyclic) bond motifs is 1. The highest BCUT2D eigenvalue weighted by molar-refractivity contribution is 5.81. The van der Waals surface area contributed by atoms with Crippen LogP contribution in [0, 0.1) is 0 Å². The molecular formula is C11H16N6O. The first-order valence-corrected chi connectivity index (χ1v) is 5.95. The molecule has 0 aliphatic carbocycles. The van der Waals surface area contributed by atoms with E-state index in [1.54, 1.807) is 6.33 Å². The Hall–Kier alpha value is -1.73. The van der Waals surface area contributed by atoms with Crippen LogP contribution in [-0.4, -0.2) is 57.3 Å². The van der Waals surface area contributed by atoms with Gasteiger partial charge < -0.3 is 19.9 Å². The zero-order valence-electron chi connectivity index (χ0n) is 10.3. The van der Waals surface area contributed by atoms with E-state index < -0.39 is 0 Å². The Balaban J connectivity index is 1.84. The zero-order valence-corrected chi connectivity index (χ0v) is 10.3. The van der Waals surface area contributed by atoms with Crippen LogP contribution in [0.3, 0.4) is 0 Å². The van der Waals surface area contributed by atoms with Crippen LogP contribution in [-0.2, 0) is 11.3 Å². The highest BCUT2D eigenvalue weighted by Crippen LogP contribution is 2.15. The molecule has 1 fully saturated rings. The van der Waals surface area contributed by atoms with Gasteiger partial charge in [0.25, 0.3) is 0 Å². The number of anilines is 1. The molecule has 1 unspecified atom stereocenters. The number of nitrogen functional groups attached to an aromatic ring is 1. The van der Waals surface area contributed by atoms with Gasteiger partial charge in [0.15, 0.2) is 11.5 Å². The standard InChI is InChI=1S/C11H16N6O/c1-16-2-3-18-8(4-16)5-17-7-15-9-10(12)13-6-14-11(9)17/h6-8H,2-5H2,1H3,(H2,12,13,14). The smallest absolute Gasteiger partial charge is 0.165 e. The lowest BCUT2D eigenvalue weighted by Crippen LogP contribution is -2.41. The van der Waals surface area contributed by atoms with Crippen molar-refractivity contribution in [2.75, 3.05) is 32.5 Å². The molecule has 1 aliphatic heterocycles. The number of ether oxygens (including phenoxy) is 1. The van der Waals surface area contributed by atoms with Gasteiger partial charge in [-0.1, -0.05) is 0 Å². The van der Waals surface area contributed by atoms with E-state index >= 15 is 0 Å². The number of nitrogens with two attached hydrogens (primary N) is 1. The van der Waals surface area contributed by atoms with Crippen molar-refractivity contribution in [3.63, 3.8) is 0 Å². The third-order valence-corrected chi connectivity index (χ3v) is 3.17. The highest BCUT2D eigenvalue weighted by Gasteiger charge is 2.19. The Kier molecular flexibility index (Phi) is 2.85. The summed E-state index contributed by atoms with van der Waals surface area (Å²) in [4.78, 5) is 14.7. The van der Waals surface area contributed by atoms with Crippen molar-refractivity contribution < 1.29 is 4.74 Å². The van der Waals surface area contributed by atoms with Crippen molar-refractivity contribution in [2.24, 2.45) is 0 Å². The van der Waals surface area contributed by atoms with Gasteiger partial charge in [0, 0.05) is 13.1 Å². The van der Waals surface area contributed by atoms with Crippen LogP contribution in [0.25, 0.3) is 11.2 Å². The van der Waals surface area contributed by atoms with Gasteiger partial charge in [0.05, 0.1) is 25.6 Å². The number of hydrogen-bond acceptors (Lipinski definition) is 6. The predicted molar refractivity (Wildman–Crippen MR) is 67.0 cm³/mol. The van der Waals surface area contributed by atoms with Gasteiger partial charge in [-0.25, -0.2) is 15.0 Å². The Morgan fingerprint density at radius 2 is 2.33 bits per heavy atom. The van der Waals surface area contributed by atoms with E-state index in [0.717, 1.165) is 31.9 Å². The quantitative estimate of drug-likeness (QED) is 0.788. The van der Waals surface area contributed by atoms with Gasteiger partial charge in [-0.3, -0.25) is 0 Å². The molecule has 1 saturated heterocycles. The van der Waals surface area contributed by atoms with Crippen LogP contribution >= 0.6 is 0 Å². The Morgan fingerprint density at radius 3 is 3.17 bits per heavy atom. The fourth-order valence-corrected chi connectivity index (χ4v) is 2.23. The maximum Gasteiger partial charge on any atom is 0.165 e. The molecule has 7 heteroatoms. The maximum absolute atomic E-state index is 5.76. The van der Waals surface area contributed by atoms with E-state index in [2.05, 4.69) is 26.9 Å². The lowest BCUT2D eigenvalue weighted by atomic mass is 10.3. The van der Waals surface area contributed by atoms with Crippen LogP contribution < -0.4 is 5.73 Å². The van der Waals surface area contributed by atoms with Crippen molar-refractivity contribution in [1.82, 2.24) is 24.4 Å². The first-order valence-electron chi connectivity index (χ1n) is 5.95. The van der Waals surface area contributed by atoms with Crippen LogP contribution in [0.1, 0.15) is 0 Å². The maximum atomic E-state index is 5.76. The first-order chi connectivity index (χ1) is 8.74. The topological polar surface area (TPSA) is 82.1 Å². The van der Waals surface area contributed by atoms with Crippen molar-refractivity contribution >= 4 is 17.0 Å². The number of morpholine rings is 1. The van der Waals surface area contributed by atoms with E-state index in [9.17, 15) is 0 Å². The number of nitrogens with zero attached hydrogens (tertiary/aromatic N) is 5. The number of likely N-dealkylation sites (N-methyl/N-ethyl adjacent to an activating group) is 1. The summed E-state index contributed by atoms with van der Waals surface area (Å²) in [5, 5.41) is 0. The Bertz CT molecular complexity index is 553. The lowest BCUT2D eigenvalue weighted by Gasteiger charge is -2.30. The van der Waals surface area contributed by atoms with Gasteiger partial charge in [-0.15, -0.1) is 0 Å². The van der Waals surface area contributed by atoms with Crippen molar-refractivity contribution in [2.45, 2.75) is 12.6 Å². The minimum absolute atomic E-state index is 0.164. The molecule has 96 valence electrons. The first kappa shape index (κ1) is 11.4. The van der Waals surface area contributed by atoms with E-state index in [4.69, 9.17) is 10.5 Å². The monoisotopic (exact) mass is 248 g/mol. The van der Waals surface area contributed by atoms with Gasteiger partial charge >= 0.3 is 0 Å². The normalized spacial score (nSPS) is 21.5. The third-order valence-electron chi connectivity index (χ3n) is 3.17. The molecule has 0 amide bonds. The molecule has 3 heterocycles. The zero-order chi connectivity index (χ0) is 12.5. The van der Waals surface area contributed by atoms with Gasteiger partial charge in [0.2, 0.25) is 0 Å². The van der Waals surface area contributed by atoms with Crippen LogP contribution in [0.15, 0.2) is 12.7 Å². The summed E-state index contributed by atoms with van der Waals surface area (Å²) in [6.45, 7) is 3.40. The molecule has 1 atom stereocenters. The highest BCUT2D eigenvalue weighted by atomic mass is 16.5. The molecule has 2 N–H and O–H groups in total. The van der Waals surface area contributed by atoms with E-state index in [1.165, 1.54) is 6.33 Å². The fourth-order valence-electron chi connectivity index (χ4n) is 2.23. The average molecular weight is 248 g/mol. The molecule has 0 saturated carbocycles. The number of imidazole rings is 1. The van der Waals surface area contributed by atoms with Crippen LogP contribution in [0.2, 0.25) is 0 Å². The Morgan fingerprint density at radius 1 is 1.44 bits per heavy atom. The summed E-state index contributed by atoms with van der Waals surface area (Å²) < 4.78 is 7.71. The minimum Gasteiger partial charge on any atom is -0.382 e. The number of aromatic nitrogens is 4. The molecular weight excluding hydrogens is 232 g/mol. The summed E-state index contributed by atoms with van der Waals surface area (Å²) in [6.07, 6.45) is 3.37. The summed E-state index contributed by atoms with van der Waals surface area (Å²) in [5.41, 5.74) is 7.18. The molecule has 3 rings (SSSR count). The molecule has 2 aromatic rings. The van der Waals surface area contributed by atoms with Gasteiger partial charge in [-0.2, -0.15) is 0 Å². The second-order valence-electron chi connectivity index (χ2n) is 4.58. The molecule has 7 nitrogen and oxygen atoms in total. The SMILES string of the molecule is CN1CCOC(Cn2cnc3c(N)ncnc32)C1. The third kappa shape index (κ3) is 2.02. The molecule has 2 aromatic heterocycles. The molecule has 0 spiro atoms. The fraction of sp³-hybridized carbons (Fsp3) is 0.545. The summed E-state index contributed by atoms with van der Waals surface area (Å²) in [5.74, 6) is 0.417. The van der Waals surface area contributed by atoms with Gasteiger partial charge in [0.1, 0.15) is 11.8 Å². The summed E-state index contributed by atoms with van der Waals surface area (Å²) in [7, 11) is 2.10. The lowest BCUT2D eigenvalue weighted by molar-refractivity contribution is -0.0270. The number of hydrogen-bond donors (Lipinski definition) is 1. The molecule has 0 aromatic carbocycles. The second-order valence-corrected chi connectivity index (χ2v) is 4.58. The van der Waals surface area contributed by atoms with Crippen LogP contribution in [0.4, 0.5) is 5.82 Å². The van der Waals surface area contributed by atoms with E-state index in [-0.39, 0.29) is 6.10 Å². The molecule has 1 aliphatic rings. The molecule has 0 radical (unpaired) electrons.